The van der Waals surface area contributed by atoms with Crippen LogP contribution >= 0.6 is 11.6 Å². The van der Waals surface area contributed by atoms with Crippen molar-refractivity contribution in [3.05, 3.63) is 34.9 Å². The largest absolute Gasteiger partial charge is 0.393 e. The summed E-state index contributed by atoms with van der Waals surface area (Å²) in [6.45, 7) is 4.97. The lowest BCUT2D eigenvalue weighted by Crippen LogP contribution is -2.41. The van der Waals surface area contributed by atoms with Crippen LogP contribution in [0, 0.1) is 5.92 Å². The first-order valence-corrected chi connectivity index (χ1v) is 6.18. The first-order valence-electron chi connectivity index (χ1n) is 5.80. The molecule has 1 aliphatic heterocycles. The molecular weight excluding hydrogens is 222 g/mol. The maximum Gasteiger partial charge on any atom is 0.0590 e. The lowest BCUT2D eigenvalue weighted by Gasteiger charge is -2.34. The van der Waals surface area contributed by atoms with Gasteiger partial charge in [0.1, 0.15) is 0 Å². The van der Waals surface area contributed by atoms with E-state index in [1.807, 2.05) is 18.2 Å². The number of piperidine rings is 1. The molecule has 1 heterocycles. The maximum atomic E-state index is 9.66. The van der Waals surface area contributed by atoms with E-state index in [9.17, 15) is 5.11 Å². The third-order valence-corrected chi connectivity index (χ3v) is 3.47. The van der Waals surface area contributed by atoms with Gasteiger partial charge in [-0.1, -0.05) is 30.7 Å². The summed E-state index contributed by atoms with van der Waals surface area (Å²) in [6.07, 6.45) is 0.748. The number of hydrogen-bond acceptors (Lipinski definition) is 2. The Kier molecular flexibility index (Phi) is 3.85. The van der Waals surface area contributed by atoms with Gasteiger partial charge in [-0.3, -0.25) is 4.90 Å². The van der Waals surface area contributed by atoms with E-state index in [0.29, 0.717) is 5.92 Å². The molecule has 0 amide bonds. The molecule has 0 radical (unpaired) electrons. The molecule has 1 N–H and O–H groups in total. The minimum atomic E-state index is -0.129. The molecule has 1 aromatic carbocycles. The number of benzene rings is 1. The molecule has 0 aromatic heterocycles. The van der Waals surface area contributed by atoms with Gasteiger partial charge in [-0.2, -0.15) is 0 Å². The van der Waals surface area contributed by atoms with E-state index >= 15 is 0 Å². The van der Waals surface area contributed by atoms with Gasteiger partial charge in [0.15, 0.2) is 0 Å². The Morgan fingerprint density at radius 3 is 3.00 bits per heavy atom. The average molecular weight is 240 g/mol. The molecule has 0 unspecified atom stereocenters. The van der Waals surface area contributed by atoms with Crippen LogP contribution in [0.4, 0.5) is 0 Å². The van der Waals surface area contributed by atoms with Crippen LogP contribution in [-0.2, 0) is 6.54 Å². The van der Waals surface area contributed by atoms with E-state index in [1.54, 1.807) is 0 Å². The lowest BCUT2D eigenvalue weighted by molar-refractivity contribution is 0.0320. The van der Waals surface area contributed by atoms with Gasteiger partial charge in [-0.15, -0.1) is 0 Å². The van der Waals surface area contributed by atoms with E-state index in [-0.39, 0.29) is 6.10 Å². The fraction of sp³-hybridized carbons (Fsp3) is 0.538. The highest BCUT2D eigenvalue weighted by Gasteiger charge is 2.23. The van der Waals surface area contributed by atoms with Crippen molar-refractivity contribution in [2.24, 2.45) is 5.92 Å². The Bertz CT molecular complexity index is 356. The first-order chi connectivity index (χ1) is 7.65. The van der Waals surface area contributed by atoms with E-state index in [2.05, 4.69) is 17.9 Å². The molecule has 1 saturated heterocycles. The van der Waals surface area contributed by atoms with Crippen LogP contribution in [-0.4, -0.2) is 29.2 Å². The SMILES string of the molecule is C[C@H]1CN(Cc2cccc(Cl)c2)CC[C@@H]1O. The molecule has 2 rings (SSSR count). The lowest BCUT2D eigenvalue weighted by atomic mass is 9.96. The molecule has 1 fully saturated rings. The minimum absolute atomic E-state index is 0.129. The quantitative estimate of drug-likeness (QED) is 0.858. The summed E-state index contributed by atoms with van der Waals surface area (Å²) < 4.78 is 0. The molecule has 1 aromatic rings. The zero-order valence-electron chi connectivity index (χ0n) is 9.56. The zero-order chi connectivity index (χ0) is 11.5. The summed E-state index contributed by atoms with van der Waals surface area (Å²) in [5.41, 5.74) is 1.25. The second-order valence-electron chi connectivity index (χ2n) is 4.70. The monoisotopic (exact) mass is 239 g/mol. The number of nitrogens with zero attached hydrogens (tertiary/aromatic N) is 1. The summed E-state index contributed by atoms with van der Waals surface area (Å²) in [5, 5.41) is 10.5. The average Bonchev–Trinajstić information content (AvgIpc) is 2.24. The molecule has 0 aliphatic carbocycles. The molecule has 16 heavy (non-hydrogen) atoms. The standard InChI is InChI=1S/C13H18ClNO/c1-10-8-15(6-5-13(10)16)9-11-3-2-4-12(14)7-11/h2-4,7,10,13,16H,5-6,8-9H2,1H3/t10-,13-/m0/s1. The summed E-state index contributed by atoms with van der Waals surface area (Å²) >= 11 is 5.96. The van der Waals surface area contributed by atoms with Gasteiger partial charge in [0, 0.05) is 24.7 Å². The second-order valence-corrected chi connectivity index (χ2v) is 5.13. The van der Waals surface area contributed by atoms with E-state index in [0.717, 1.165) is 31.1 Å². The highest BCUT2D eigenvalue weighted by molar-refractivity contribution is 6.30. The van der Waals surface area contributed by atoms with Crippen molar-refractivity contribution in [1.29, 1.82) is 0 Å². The normalized spacial score (nSPS) is 26.9. The summed E-state index contributed by atoms with van der Waals surface area (Å²) in [5.74, 6) is 0.368. The molecule has 1 aliphatic rings. The van der Waals surface area contributed by atoms with Gasteiger partial charge >= 0.3 is 0 Å². The van der Waals surface area contributed by atoms with Crippen LogP contribution in [0.5, 0.6) is 0 Å². The van der Waals surface area contributed by atoms with Gasteiger partial charge in [0.25, 0.3) is 0 Å². The molecule has 3 heteroatoms. The van der Waals surface area contributed by atoms with E-state index < -0.39 is 0 Å². The van der Waals surface area contributed by atoms with Gasteiger partial charge in [0.2, 0.25) is 0 Å². The van der Waals surface area contributed by atoms with Crippen molar-refractivity contribution in [3.8, 4) is 0 Å². The van der Waals surface area contributed by atoms with Crippen molar-refractivity contribution >= 4 is 11.6 Å². The number of aliphatic hydroxyl groups is 1. The summed E-state index contributed by atoms with van der Waals surface area (Å²) in [4.78, 5) is 2.38. The van der Waals surface area contributed by atoms with Crippen molar-refractivity contribution in [1.82, 2.24) is 4.90 Å². The predicted octanol–water partition coefficient (Wildman–Crippen LogP) is 2.54. The van der Waals surface area contributed by atoms with Crippen LogP contribution in [0.15, 0.2) is 24.3 Å². The van der Waals surface area contributed by atoms with Crippen LogP contribution in [0.25, 0.3) is 0 Å². The fourth-order valence-corrected chi connectivity index (χ4v) is 2.47. The Morgan fingerprint density at radius 1 is 1.50 bits per heavy atom. The number of halogens is 1. The van der Waals surface area contributed by atoms with E-state index in [1.165, 1.54) is 5.56 Å². The molecular formula is C13H18ClNO. The fourth-order valence-electron chi connectivity index (χ4n) is 2.26. The third-order valence-electron chi connectivity index (χ3n) is 3.24. The number of hydrogen-bond donors (Lipinski definition) is 1. The highest BCUT2D eigenvalue weighted by atomic mass is 35.5. The van der Waals surface area contributed by atoms with Crippen LogP contribution in [0.2, 0.25) is 5.02 Å². The van der Waals surface area contributed by atoms with Crippen molar-refractivity contribution in [2.45, 2.75) is 26.0 Å². The summed E-state index contributed by atoms with van der Waals surface area (Å²) in [7, 11) is 0. The molecule has 0 bridgehead atoms. The summed E-state index contributed by atoms with van der Waals surface area (Å²) in [6, 6.07) is 7.99. The highest BCUT2D eigenvalue weighted by Crippen LogP contribution is 2.19. The minimum Gasteiger partial charge on any atom is -0.393 e. The van der Waals surface area contributed by atoms with Crippen molar-refractivity contribution < 1.29 is 5.11 Å². The second kappa shape index (κ2) is 5.17. The smallest absolute Gasteiger partial charge is 0.0590 e. The Labute approximate surface area is 102 Å². The molecule has 0 saturated carbocycles. The molecule has 2 atom stereocenters. The topological polar surface area (TPSA) is 23.5 Å². The molecule has 0 spiro atoms. The van der Waals surface area contributed by atoms with Gasteiger partial charge in [-0.05, 0) is 30.0 Å². The van der Waals surface area contributed by atoms with Gasteiger partial charge < -0.3 is 5.11 Å². The maximum absolute atomic E-state index is 9.66. The predicted molar refractivity (Wildman–Crippen MR) is 66.5 cm³/mol. The van der Waals surface area contributed by atoms with Crippen LogP contribution in [0.3, 0.4) is 0 Å². The van der Waals surface area contributed by atoms with Gasteiger partial charge in [0.05, 0.1) is 6.10 Å². The molecule has 88 valence electrons. The van der Waals surface area contributed by atoms with Crippen LogP contribution < -0.4 is 0 Å². The number of aliphatic hydroxyl groups excluding tert-OH is 1. The van der Waals surface area contributed by atoms with Crippen molar-refractivity contribution in [3.63, 3.8) is 0 Å². The zero-order valence-corrected chi connectivity index (χ0v) is 10.3. The first kappa shape index (κ1) is 11.9. The Balaban J connectivity index is 1.95. The van der Waals surface area contributed by atoms with Crippen molar-refractivity contribution in [2.75, 3.05) is 13.1 Å². The number of rotatable bonds is 2. The van der Waals surface area contributed by atoms with Crippen LogP contribution in [0.1, 0.15) is 18.9 Å². The molecule has 2 nitrogen and oxygen atoms in total. The third kappa shape index (κ3) is 2.97. The van der Waals surface area contributed by atoms with Gasteiger partial charge in [-0.25, -0.2) is 0 Å². The number of likely N-dealkylation sites (tertiary alicyclic amines) is 1. The Hall–Kier alpha value is -0.570. The van der Waals surface area contributed by atoms with E-state index in [4.69, 9.17) is 11.6 Å². The Morgan fingerprint density at radius 2 is 2.31 bits per heavy atom.